The van der Waals surface area contributed by atoms with Gasteiger partial charge in [-0.2, -0.15) is 0 Å². The molecule has 37 heavy (non-hydrogen) atoms. The molecule has 5 aromatic carbocycles. The molecule has 0 aliphatic heterocycles. The van der Waals surface area contributed by atoms with Gasteiger partial charge >= 0.3 is 0 Å². The molecule has 0 bridgehead atoms. The van der Waals surface area contributed by atoms with Gasteiger partial charge in [-0.25, -0.2) is 8.42 Å². The van der Waals surface area contributed by atoms with E-state index in [4.69, 9.17) is 0 Å². The Balaban J connectivity index is 0.000000245. The maximum Gasteiger partial charge on any atom is 0.180 e. The summed E-state index contributed by atoms with van der Waals surface area (Å²) in [6.07, 6.45) is 0. The van der Waals surface area contributed by atoms with Gasteiger partial charge < -0.3 is 4.55 Å². The van der Waals surface area contributed by atoms with Crippen LogP contribution in [0.25, 0.3) is 0 Å². The van der Waals surface area contributed by atoms with Crippen molar-refractivity contribution in [3.05, 3.63) is 145 Å². The SMILES string of the molecule is Cc1ccccc1S(=O)(=O)[O-].c1ccc(Sc2ccccc2[S+](c2ccccc2)c2ccccc2)cc1. The lowest BCUT2D eigenvalue weighted by Gasteiger charge is -2.11. The smallest absolute Gasteiger partial charge is 0.180 e. The van der Waals surface area contributed by atoms with Gasteiger partial charge in [-0.3, -0.25) is 0 Å². The van der Waals surface area contributed by atoms with Crippen molar-refractivity contribution in [2.24, 2.45) is 0 Å². The average molecular weight is 543 g/mol. The maximum atomic E-state index is 10.5. The van der Waals surface area contributed by atoms with Crippen molar-refractivity contribution >= 4 is 32.8 Å². The van der Waals surface area contributed by atoms with Gasteiger partial charge in [-0.1, -0.05) is 96.7 Å². The molecule has 0 spiro atoms. The third-order valence-corrected chi connectivity index (χ3v) is 9.85. The zero-order valence-corrected chi connectivity index (χ0v) is 22.7. The lowest BCUT2D eigenvalue weighted by molar-refractivity contribution is 0.462. The topological polar surface area (TPSA) is 57.2 Å². The van der Waals surface area contributed by atoms with E-state index in [9.17, 15) is 13.0 Å². The van der Waals surface area contributed by atoms with Crippen molar-refractivity contribution in [1.82, 2.24) is 0 Å². The Kier molecular flexibility index (Phi) is 9.25. The summed E-state index contributed by atoms with van der Waals surface area (Å²) in [5, 5.41) is 0. The van der Waals surface area contributed by atoms with Crippen molar-refractivity contribution in [3.63, 3.8) is 0 Å². The number of benzene rings is 5. The van der Waals surface area contributed by atoms with Gasteiger partial charge in [0.05, 0.1) is 9.79 Å². The summed E-state index contributed by atoms with van der Waals surface area (Å²) in [4.78, 5) is 6.51. The summed E-state index contributed by atoms with van der Waals surface area (Å²) in [7, 11) is -4.40. The Hall–Kier alpha value is -3.29. The van der Waals surface area contributed by atoms with E-state index in [0.29, 0.717) is 5.56 Å². The number of hydrogen-bond acceptors (Lipinski definition) is 4. The van der Waals surface area contributed by atoms with Crippen molar-refractivity contribution in [2.75, 3.05) is 0 Å². The van der Waals surface area contributed by atoms with E-state index in [1.807, 2.05) is 11.8 Å². The van der Waals surface area contributed by atoms with E-state index < -0.39 is 10.1 Å². The predicted octanol–water partition coefficient (Wildman–Crippen LogP) is 7.83. The molecule has 6 heteroatoms. The normalized spacial score (nSPS) is 11.0. The molecule has 0 aliphatic carbocycles. The van der Waals surface area contributed by atoms with Crippen molar-refractivity contribution < 1.29 is 13.0 Å². The van der Waals surface area contributed by atoms with Crippen molar-refractivity contribution in [1.29, 1.82) is 0 Å². The largest absolute Gasteiger partial charge is 0.744 e. The molecule has 0 aromatic heterocycles. The Morgan fingerprint density at radius 2 is 1.05 bits per heavy atom. The highest BCUT2D eigenvalue weighted by Gasteiger charge is 2.31. The van der Waals surface area contributed by atoms with E-state index in [2.05, 4.69) is 115 Å². The number of hydrogen-bond donors (Lipinski definition) is 0. The first kappa shape index (κ1) is 26.8. The molecule has 0 aliphatic rings. The average Bonchev–Trinajstić information content (AvgIpc) is 2.92. The Labute approximate surface area is 226 Å². The Bertz CT molecular complexity index is 1480. The third-order valence-electron chi connectivity index (χ3n) is 5.36. The molecule has 5 rings (SSSR count). The van der Waals surface area contributed by atoms with Crippen molar-refractivity contribution in [3.8, 4) is 0 Å². The highest BCUT2D eigenvalue weighted by atomic mass is 32.2. The van der Waals surface area contributed by atoms with Crippen LogP contribution in [-0.4, -0.2) is 13.0 Å². The van der Waals surface area contributed by atoms with Crippen LogP contribution < -0.4 is 0 Å². The van der Waals surface area contributed by atoms with E-state index >= 15 is 0 Å². The van der Waals surface area contributed by atoms with E-state index in [0.717, 1.165) is 0 Å². The predicted molar refractivity (Wildman–Crippen MR) is 151 cm³/mol. The van der Waals surface area contributed by atoms with Gasteiger partial charge in [0.15, 0.2) is 14.7 Å². The molecule has 0 amide bonds. The van der Waals surface area contributed by atoms with E-state index in [-0.39, 0.29) is 15.8 Å². The first-order valence-electron chi connectivity index (χ1n) is 11.6. The van der Waals surface area contributed by atoms with E-state index in [1.165, 1.54) is 36.6 Å². The summed E-state index contributed by atoms with van der Waals surface area (Å²) >= 11 is 1.84. The van der Waals surface area contributed by atoms with Crippen LogP contribution in [0, 0.1) is 6.92 Å². The molecule has 0 radical (unpaired) electrons. The highest BCUT2D eigenvalue weighted by molar-refractivity contribution is 8.01. The molecule has 0 atom stereocenters. The molecule has 0 unspecified atom stereocenters. The minimum atomic E-state index is -4.28. The standard InChI is InChI=1S/C24H19S2.C7H8O3S/c1-4-12-20(13-5-1)25-23-18-10-11-19-24(23)26(21-14-6-2-7-15-21)22-16-8-3-9-17-22;1-6-4-2-3-5-7(6)11(8,9)10/h1-19H;2-5H,1H3,(H,8,9,10)/q+1;/p-1. The first-order chi connectivity index (χ1) is 17.9. The second-order valence-electron chi connectivity index (χ2n) is 8.01. The molecule has 0 N–H and O–H groups in total. The van der Waals surface area contributed by atoms with Gasteiger partial charge in [0, 0.05) is 4.90 Å². The fraction of sp³-hybridized carbons (Fsp3) is 0.0323. The molecular formula is C31H26O3S3. The van der Waals surface area contributed by atoms with Crippen LogP contribution in [0.5, 0.6) is 0 Å². The molecular weight excluding hydrogens is 517 g/mol. The molecule has 0 fully saturated rings. The summed E-state index contributed by atoms with van der Waals surface area (Å²) in [6, 6.07) is 47.1. The van der Waals surface area contributed by atoms with Crippen LogP contribution in [0.1, 0.15) is 5.56 Å². The lowest BCUT2D eigenvalue weighted by atomic mass is 10.2. The molecule has 3 nitrogen and oxygen atoms in total. The minimum Gasteiger partial charge on any atom is -0.744 e. The van der Waals surface area contributed by atoms with Crippen LogP contribution in [0.4, 0.5) is 0 Å². The monoisotopic (exact) mass is 542 g/mol. The lowest BCUT2D eigenvalue weighted by Crippen LogP contribution is -2.05. The van der Waals surface area contributed by atoms with Crippen LogP contribution >= 0.6 is 11.8 Å². The zero-order chi connectivity index (χ0) is 26.1. The second kappa shape index (κ2) is 12.8. The Morgan fingerprint density at radius 1 is 0.595 bits per heavy atom. The highest BCUT2D eigenvalue weighted by Crippen LogP contribution is 2.39. The second-order valence-corrected chi connectivity index (χ2v) is 12.5. The molecule has 0 saturated heterocycles. The summed E-state index contributed by atoms with van der Waals surface area (Å²) < 4.78 is 31.5. The molecule has 0 heterocycles. The summed E-state index contributed by atoms with van der Waals surface area (Å²) in [5.41, 5.74) is 0.488. The van der Waals surface area contributed by atoms with Gasteiger partial charge in [-0.15, -0.1) is 0 Å². The fourth-order valence-electron chi connectivity index (χ4n) is 3.66. The van der Waals surface area contributed by atoms with E-state index in [1.54, 1.807) is 19.1 Å². The van der Waals surface area contributed by atoms with Gasteiger partial charge in [-0.05, 0) is 67.1 Å². The Morgan fingerprint density at radius 3 is 1.57 bits per heavy atom. The van der Waals surface area contributed by atoms with Gasteiger partial charge in [0.2, 0.25) is 0 Å². The molecule has 5 aromatic rings. The number of rotatable bonds is 6. The summed E-state index contributed by atoms with van der Waals surface area (Å²) in [6.45, 7) is 1.59. The van der Waals surface area contributed by atoms with Crippen LogP contribution in [-0.2, 0) is 21.0 Å². The zero-order valence-electron chi connectivity index (χ0n) is 20.2. The summed E-state index contributed by atoms with van der Waals surface area (Å²) in [5.74, 6) is 0. The van der Waals surface area contributed by atoms with Gasteiger partial charge in [0.25, 0.3) is 0 Å². The van der Waals surface area contributed by atoms with Crippen LogP contribution in [0.2, 0.25) is 0 Å². The fourth-order valence-corrected chi connectivity index (χ4v) is 7.73. The quantitative estimate of drug-likeness (QED) is 0.162. The van der Waals surface area contributed by atoms with Crippen LogP contribution in [0.3, 0.4) is 0 Å². The molecule has 0 saturated carbocycles. The molecule has 186 valence electrons. The van der Waals surface area contributed by atoms with Crippen molar-refractivity contribution in [2.45, 2.75) is 36.3 Å². The number of aryl methyl sites for hydroxylation is 1. The minimum absolute atomic E-state index is 0.121. The first-order valence-corrected chi connectivity index (χ1v) is 15.1. The maximum absolute atomic E-state index is 10.5. The van der Waals surface area contributed by atoms with Crippen LogP contribution in [0.15, 0.2) is 169 Å². The third kappa shape index (κ3) is 7.37. The van der Waals surface area contributed by atoms with Gasteiger partial charge in [0.1, 0.15) is 21.0 Å².